The smallest absolute Gasteiger partial charge is 0.148 e. The molecule has 0 bridgehead atoms. The lowest BCUT2D eigenvalue weighted by atomic mass is 9.95. The van der Waals surface area contributed by atoms with Crippen molar-refractivity contribution in [3.8, 4) is 0 Å². The minimum absolute atomic E-state index is 0.128. The van der Waals surface area contributed by atoms with Crippen molar-refractivity contribution < 1.29 is 9.84 Å². The third-order valence-electron chi connectivity index (χ3n) is 2.16. The maximum Gasteiger partial charge on any atom is 0.148 e. The van der Waals surface area contributed by atoms with E-state index in [0.717, 1.165) is 0 Å². The summed E-state index contributed by atoms with van der Waals surface area (Å²) in [6.45, 7) is -0.578. The highest BCUT2D eigenvalue weighted by Crippen LogP contribution is 2.22. The lowest BCUT2D eigenvalue weighted by Gasteiger charge is -2.31. The van der Waals surface area contributed by atoms with Crippen LogP contribution in [0.3, 0.4) is 0 Å². The first-order chi connectivity index (χ1) is 6.78. The summed E-state index contributed by atoms with van der Waals surface area (Å²) in [5.41, 5.74) is 0. The molecule has 8 heteroatoms. The molecule has 0 aromatic carbocycles. The van der Waals surface area contributed by atoms with E-state index in [-0.39, 0.29) is 6.61 Å². The molecule has 0 spiro atoms. The second kappa shape index (κ2) is 4.82. The van der Waals surface area contributed by atoms with Gasteiger partial charge >= 0.3 is 0 Å². The van der Waals surface area contributed by atoms with Gasteiger partial charge in [-0.15, -0.1) is 0 Å². The maximum absolute atomic E-state index is 10.4. The van der Waals surface area contributed by atoms with Crippen LogP contribution in [0.1, 0.15) is 0 Å². The average Bonchev–Trinajstić information content (AvgIpc) is 2.26. The van der Waals surface area contributed by atoms with Crippen molar-refractivity contribution in [3.05, 3.63) is 14.7 Å². The maximum atomic E-state index is 10.4. The molecule has 0 amide bonds. The van der Waals surface area contributed by atoms with Crippen LogP contribution in [0.15, 0.2) is 15.5 Å². The van der Waals surface area contributed by atoms with E-state index in [1.165, 1.54) is 0 Å². The second-order valence-corrected chi connectivity index (χ2v) is 2.92. The van der Waals surface area contributed by atoms with Gasteiger partial charge in [0.15, 0.2) is 0 Å². The van der Waals surface area contributed by atoms with Crippen LogP contribution in [-0.4, -0.2) is 42.5 Å². The molecule has 0 aliphatic carbocycles. The van der Waals surface area contributed by atoms with Gasteiger partial charge in [-0.25, -0.2) is 0 Å². The minimum atomic E-state index is -1.14. The van der Waals surface area contributed by atoms with Crippen LogP contribution in [-0.2, 0) is 4.74 Å². The summed E-state index contributed by atoms with van der Waals surface area (Å²) in [6.07, 6.45) is -0.881. The molecular formula is C6H9N3O5. The number of hydrogen-bond acceptors (Lipinski definition) is 8. The van der Waals surface area contributed by atoms with Gasteiger partial charge in [-0.2, -0.15) is 14.7 Å². The quantitative estimate of drug-likeness (QED) is 0.633. The Labute approximate surface area is 78.6 Å². The molecule has 78 valence electrons. The summed E-state index contributed by atoms with van der Waals surface area (Å²) in [5, 5.41) is 16.7. The summed E-state index contributed by atoms with van der Waals surface area (Å²) in [6, 6.07) is -3.29. The summed E-state index contributed by atoms with van der Waals surface area (Å²) in [7, 11) is 0. The Hall–Kier alpha value is -1.28. The average molecular weight is 203 g/mol. The van der Waals surface area contributed by atoms with Crippen LogP contribution >= 0.6 is 0 Å². The zero-order valence-electron chi connectivity index (χ0n) is 7.15. The topological polar surface area (TPSA) is 118 Å². The first-order valence-corrected chi connectivity index (χ1v) is 3.98. The minimum Gasteiger partial charge on any atom is -0.394 e. The lowest BCUT2D eigenvalue weighted by molar-refractivity contribution is -0.0451. The summed E-state index contributed by atoms with van der Waals surface area (Å²) >= 11 is 0. The summed E-state index contributed by atoms with van der Waals surface area (Å²) in [5.74, 6) is 0. The van der Waals surface area contributed by atoms with Crippen molar-refractivity contribution in [1.29, 1.82) is 0 Å². The summed E-state index contributed by atoms with van der Waals surface area (Å²) in [4.78, 5) is 31.0. The number of nitrogens with zero attached hydrogens (tertiary/aromatic N) is 3. The lowest BCUT2D eigenvalue weighted by Crippen LogP contribution is -2.51. The molecule has 0 radical (unpaired) electrons. The third-order valence-corrected chi connectivity index (χ3v) is 2.16. The van der Waals surface area contributed by atoms with Crippen LogP contribution in [0.4, 0.5) is 0 Å². The number of ether oxygens (including phenoxy) is 1. The van der Waals surface area contributed by atoms with Crippen molar-refractivity contribution in [1.82, 2.24) is 0 Å². The predicted molar refractivity (Wildman–Crippen MR) is 45.6 cm³/mol. The fraction of sp³-hybridized carbons (Fsp3) is 1.00. The number of rotatable bonds is 4. The molecule has 1 N–H and O–H groups in total. The van der Waals surface area contributed by atoms with E-state index in [9.17, 15) is 14.7 Å². The zero-order valence-corrected chi connectivity index (χ0v) is 7.15. The summed E-state index contributed by atoms with van der Waals surface area (Å²) < 4.78 is 4.93. The molecule has 1 aliphatic heterocycles. The largest absolute Gasteiger partial charge is 0.394 e. The van der Waals surface area contributed by atoms with Crippen molar-refractivity contribution in [2.75, 3.05) is 13.2 Å². The number of aliphatic hydroxyl groups is 1. The predicted octanol–water partition coefficient (Wildman–Crippen LogP) is -0.218. The van der Waals surface area contributed by atoms with Crippen molar-refractivity contribution >= 4 is 0 Å². The highest BCUT2D eigenvalue weighted by atomic mass is 16.5. The van der Waals surface area contributed by atoms with Gasteiger partial charge in [-0.1, -0.05) is 15.5 Å². The van der Waals surface area contributed by atoms with E-state index in [1.54, 1.807) is 0 Å². The van der Waals surface area contributed by atoms with E-state index in [2.05, 4.69) is 15.5 Å². The van der Waals surface area contributed by atoms with Crippen LogP contribution in [0, 0.1) is 14.7 Å². The van der Waals surface area contributed by atoms with E-state index < -0.39 is 30.8 Å². The fourth-order valence-corrected chi connectivity index (χ4v) is 1.38. The Morgan fingerprint density at radius 1 is 1.14 bits per heavy atom. The van der Waals surface area contributed by atoms with E-state index in [4.69, 9.17) is 9.84 Å². The highest BCUT2D eigenvalue weighted by Gasteiger charge is 2.43. The Morgan fingerprint density at radius 3 is 2.21 bits per heavy atom. The molecule has 0 unspecified atom stereocenters. The van der Waals surface area contributed by atoms with Crippen LogP contribution in [0.25, 0.3) is 0 Å². The molecule has 1 rings (SSSR count). The zero-order chi connectivity index (χ0) is 10.6. The van der Waals surface area contributed by atoms with Gasteiger partial charge < -0.3 is 9.84 Å². The Morgan fingerprint density at radius 2 is 1.79 bits per heavy atom. The molecule has 1 saturated heterocycles. The Balaban J connectivity index is 2.82. The fourth-order valence-electron chi connectivity index (χ4n) is 1.38. The van der Waals surface area contributed by atoms with Crippen LogP contribution < -0.4 is 0 Å². The Kier molecular flexibility index (Phi) is 3.72. The van der Waals surface area contributed by atoms with Gasteiger partial charge in [0.25, 0.3) is 0 Å². The molecular weight excluding hydrogens is 194 g/mol. The van der Waals surface area contributed by atoms with Gasteiger partial charge in [0.2, 0.25) is 0 Å². The molecule has 4 atom stereocenters. The first kappa shape index (κ1) is 10.8. The van der Waals surface area contributed by atoms with Crippen LogP contribution in [0.5, 0.6) is 0 Å². The molecule has 1 fully saturated rings. The van der Waals surface area contributed by atoms with Crippen molar-refractivity contribution in [2.24, 2.45) is 15.5 Å². The molecule has 1 heterocycles. The number of nitroso groups, excluding NO2 is 3. The Bertz CT molecular complexity index is 236. The molecule has 0 aromatic rings. The van der Waals surface area contributed by atoms with E-state index >= 15 is 0 Å². The van der Waals surface area contributed by atoms with Gasteiger partial charge in [-0.05, 0) is 0 Å². The van der Waals surface area contributed by atoms with Gasteiger partial charge in [0.05, 0.1) is 13.2 Å². The monoisotopic (exact) mass is 203 g/mol. The highest BCUT2D eigenvalue weighted by molar-refractivity contribution is 4.99. The SMILES string of the molecule is O=N[C@H]1[C@H](N=O)[C@@H](CO)OC[C@@H]1N=O. The third kappa shape index (κ3) is 1.80. The van der Waals surface area contributed by atoms with E-state index in [0.29, 0.717) is 0 Å². The van der Waals surface area contributed by atoms with Crippen molar-refractivity contribution in [3.63, 3.8) is 0 Å². The van der Waals surface area contributed by atoms with Crippen LogP contribution in [0.2, 0.25) is 0 Å². The first-order valence-electron chi connectivity index (χ1n) is 3.98. The molecule has 14 heavy (non-hydrogen) atoms. The number of aliphatic hydroxyl groups excluding tert-OH is 1. The van der Waals surface area contributed by atoms with Gasteiger partial charge in [0, 0.05) is 0 Å². The van der Waals surface area contributed by atoms with Gasteiger partial charge in [0.1, 0.15) is 24.2 Å². The van der Waals surface area contributed by atoms with Crippen molar-refractivity contribution in [2.45, 2.75) is 24.2 Å². The molecule has 1 aliphatic rings. The molecule has 0 aromatic heterocycles. The number of hydrogen-bond donors (Lipinski definition) is 1. The second-order valence-electron chi connectivity index (χ2n) is 2.92. The standard InChI is InChI=1S/C6H9N3O5/c10-1-4-6(9-13)5(8-12)3(7-11)2-14-4/h3-6,10H,1-2H2/t3-,4+,5+,6+/m0/s1. The van der Waals surface area contributed by atoms with Gasteiger partial charge in [-0.3, -0.25) is 0 Å². The molecule has 8 nitrogen and oxygen atoms in total. The normalized spacial score (nSPS) is 37.5. The van der Waals surface area contributed by atoms with E-state index in [1.807, 2.05) is 0 Å². The molecule has 0 saturated carbocycles.